The van der Waals surface area contributed by atoms with E-state index in [9.17, 15) is 0 Å². The Morgan fingerprint density at radius 3 is 3.20 bits per heavy atom. The number of piperidine rings is 1. The predicted octanol–water partition coefficient (Wildman–Crippen LogP) is 1.77. The fourth-order valence-corrected chi connectivity index (χ4v) is 2.78. The smallest absolute Gasteiger partial charge is 0.0891 e. The Morgan fingerprint density at radius 2 is 2.30 bits per heavy atom. The van der Waals surface area contributed by atoms with Crippen LogP contribution in [0.3, 0.4) is 0 Å². The predicted molar refractivity (Wildman–Crippen MR) is 43.2 cm³/mol. The number of nitrogens with zero attached hydrogens (tertiary/aromatic N) is 1. The van der Waals surface area contributed by atoms with Crippen LogP contribution in [0.5, 0.6) is 0 Å². The van der Waals surface area contributed by atoms with Crippen LogP contribution in [0.15, 0.2) is 0 Å². The summed E-state index contributed by atoms with van der Waals surface area (Å²) >= 11 is 0. The molecule has 0 N–H and O–H groups in total. The van der Waals surface area contributed by atoms with Crippen molar-refractivity contribution in [1.29, 1.82) is 0 Å². The summed E-state index contributed by atoms with van der Waals surface area (Å²) in [7, 11) is 0.665. The maximum atomic E-state index is 5.39. The molecule has 2 aliphatic heterocycles. The van der Waals surface area contributed by atoms with Crippen molar-refractivity contribution in [2.75, 3.05) is 13.2 Å². The zero-order valence-corrected chi connectivity index (χ0v) is 7.18. The van der Waals surface area contributed by atoms with Crippen LogP contribution in [0, 0.1) is 0 Å². The van der Waals surface area contributed by atoms with Crippen molar-refractivity contribution in [2.24, 2.45) is 0 Å². The lowest BCUT2D eigenvalue weighted by molar-refractivity contribution is 0.164. The first kappa shape index (κ1) is 7.02. The molecule has 58 valence electrons. The Hall–Kier alpha value is 0.350. The maximum absolute atomic E-state index is 5.39. The molecule has 2 aliphatic rings. The van der Waals surface area contributed by atoms with Gasteiger partial charge in [-0.3, -0.25) is 4.67 Å². The van der Waals surface area contributed by atoms with E-state index in [1.807, 2.05) is 0 Å². The molecule has 2 unspecified atom stereocenters. The van der Waals surface area contributed by atoms with Gasteiger partial charge >= 0.3 is 0 Å². The molecule has 0 radical (unpaired) electrons. The first-order chi connectivity index (χ1) is 4.97. The molecule has 3 heteroatoms. The first-order valence-electron chi connectivity index (χ1n) is 4.11. The Morgan fingerprint density at radius 1 is 1.30 bits per heavy atom. The molecular formula is C7H14NOP. The summed E-state index contributed by atoms with van der Waals surface area (Å²) in [5.74, 6) is 0. The van der Waals surface area contributed by atoms with Crippen molar-refractivity contribution in [2.45, 2.75) is 31.7 Å². The molecule has 0 saturated carbocycles. The van der Waals surface area contributed by atoms with Crippen LogP contribution in [0.2, 0.25) is 0 Å². The van der Waals surface area contributed by atoms with Crippen LogP contribution >= 0.6 is 8.96 Å². The zero-order valence-electron chi connectivity index (χ0n) is 6.18. The molecule has 0 aromatic rings. The maximum Gasteiger partial charge on any atom is 0.0891 e. The molecule has 2 heterocycles. The average molecular weight is 159 g/mol. The molecule has 2 fully saturated rings. The first-order valence-corrected chi connectivity index (χ1v) is 4.96. The minimum Gasteiger partial charge on any atom is -0.346 e. The number of hydrogen-bond acceptors (Lipinski definition) is 2. The lowest BCUT2D eigenvalue weighted by Gasteiger charge is -2.38. The molecule has 0 spiro atoms. The lowest BCUT2D eigenvalue weighted by Crippen LogP contribution is -2.36. The standard InChI is InChI=1S/C7H14NOP/c1-2-5-8-7(3-1)4-6-9-10-8/h7,10H,1-6H2. The molecule has 0 aromatic carbocycles. The van der Waals surface area contributed by atoms with E-state index in [0.717, 1.165) is 12.6 Å². The van der Waals surface area contributed by atoms with E-state index in [1.54, 1.807) is 0 Å². The van der Waals surface area contributed by atoms with Crippen LogP contribution in [0.1, 0.15) is 25.7 Å². The largest absolute Gasteiger partial charge is 0.346 e. The van der Waals surface area contributed by atoms with E-state index in [4.69, 9.17) is 4.52 Å². The van der Waals surface area contributed by atoms with Gasteiger partial charge in [0.15, 0.2) is 0 Å². The van der Waals surface area contributed by atoms with Gasteiger partial charge in [0.05, 0.1) is 15.6 Å². The Bertz CT molecular complexity index is 94.2. The van der Waals surface area contributed by atoms with E-state index in [-0.39, 0.29) is 0 Å². The van der Waals surface area contributed by atoms with Crippen molar-refractivity contribution in [1.82, 2.24) is 4.67 Å². The normalized spacial score (nSPS) is 37.8. The SMILES string of the molecule is C1CCN2POCCC2C1. The van der Waals surface area contributed by atoms with E-state index >= 15 is 0 Å². The van der Waals surface area contributed by atoms with Gasteiger partial charge in [0.25, 0.3) is 0 Å². The summed E-state index contributed by atoms with van der Waals surface area (Å²) in [6.45, 7) is 2.28. The summed E-state index contributed by atoms with van der Waals surface area (Å²) < 4.78 is 7.90. The third-order valence-corrected chi connectivity index (χ3v) is 3.52. The van der Waals surface area contributed by atoms with E-state index in [2.05, 4.69) is 4.67 Å². The highest BCUT2D eigenvalue weighted by atomic mass is 31.1. The molecule has 0 aromatic heterocycles. The lowest BCUT2D eigenvalue weighted by atomic mass is 10.0. The van der Waals surface area contributed by atoms with Gasteiger partial charge in [0.2, 0.25) is 0 Å². The Labute approximate surface area is 63.8 Å². The minimum atomic E-state index is 0.665. The second kappa shape index (κ2) is 3.17. The van der Waals surface area contributed by atoms with Gasteiger partial charge in [0, 0.05) is 12.6 Å². The van der Waals surface area contributed by atoms with Gasteiger partial charge in [-0.1, -0.05) is 6.42 Å². The van der Waals surface area contributed by atoms with Gasteiger partial charge < -0.3 is 4.52 Å². The van der Waals surface area contributed by atoms with Crippen LogP contribution in [-0.4, -0.2) is 23.9 Å². The summed E-state index contributed by atoms with van der Waals surface area (Å²) in [6.07, 6.45) is 5.50. The van der Waals surface area contributed by atoms with Crippen molar-refractivity contribution in [3.05, 3.63) is 0 Å². The molecule has 2 nitrogen and oxygen atoms in total. The number of hydrogen-bond donors (Lipinski definition) is 0. The van der Waals surface area contributed by atoms with Gasteiger partial charge in [0.1, 0.15) is 0 Å². The summed E-state index contributed by atoms with van der Waals surface area (Å²) in [4.78, 5) is 0. The molecule has 0 bridgehead atoms. The van der Waals surface area contributed by atoms with Crippen LogP contribution < -0.4 is 0 Å². The number of rotatable bonds is 0. The molecule has 2 saturated heterocycles. The van der Waals surface area contributed by atoms with Crippen LogP contribution in [0.25, 0.3) is 0 Å². The Kier molecular flexibility index (Phi) is 2.22. The van der Waals surface area contributed by atoms with E-state index in [0.29, 0.717) is 8.96 Å². The zero-order chi connectivity index (χ0) is 6.81. The molecule has 10 heavy (non-hydrogen) atoms. The van der Waals surface area contributed by atoms with E-state index in [1.165, 1.54) is 32.2 Å². The monoisotopic (exact) mass is 159 g/mol. The van der Waals surface area contributed by atoms with Gasteiger partial charge in [-0.2, -0.15) is 0 Å². The molecular weight excluding hydrogens is 145 g/mol. The summed E-state index contributed by atoms with van der Waals surface area (Å²) in [5, 5.41) is 0. The minimum absolute atomic E-state index is 0.665. The van der Waals surface area contributed by atoms with Gasteiger partial charge in [-0.15, -0.1) is 0 Å². The highest BCUT2D eigenvalue weighted by Gasteiger charge is 2.25. The second-order valence-electron chi connectivity index (χ2n) is 3.07. The molecule has 0 amide bonds. The Balaban J connectivity index is 1.93. The topological polar surface area (TPSA) is 12.5 Å². The van der Waals surface area contributed by atoms with Crippen LogP contribution in [-0.2, 0) is 4.52 Å². The second-order valence-corrected chi connectivity index (χ2v) is 4.12. The molecule has 2 rings (SSSR count). The van der Waals surface area contributed by atoms with Crippen molar-refractivity contribution < 1.29 is 4.52 Å². The van der Waals surface area contributed by atoms with Gasteiger partial charge in [-0.25, -0.2) is 0 Å². The summed E-state index contributed by atoms with van der Waals surface area (Å²) in [6, 6.07) is 0.876. The van der Waals surface area contributed by atoms with Crippen molar-refractivity contribution in [3.63, 3.8) is 0 Å². The van der Waals surface area contributed by atoms with E-state index < -0.39 is 0 Å². The fraction of sp³-hybridized carbons (Fsp3) is 1.00. The summed E-state index contributed by atoms with van der Waals surface area (Å²) in [5.41, 5.74) is 0. The number of fused-ring (bicyclic) bond motifs is 1. The quantitative estimate of drug-likeness (QED) is 0.499. The fourth-order valence-electron chi connectivity index (χ4n) is 1.74. The molecule has 0 aliphatic carbocycles. The third-order valence-electron chi connectivity index (χ3n) is 2.36. The third kappa shape index (κ3) is 1.34. The van der Waals surface area contributed by atoms with Gasteiger partial charge in [-0.05, 0) is 19.3 Å². The molecule has 2 atom stereocenters. The van der Waals surface area contributed by atoms with Crippen molar-refractivity contribution in [3.8, 4) is 0 Å². The highest BCUT2D eigenvalue weighted by Crippen LogP contribution is 2.34. The highest BCUT2D eigenvalue weighted by molar-refractivity contribution is 7.29. The van der Waals surface area contributed by atoms with Crippen molar-refractivity contribution >= 4 is 8.96 Å². The average Bonchev–Trinajstić information content (AvgIpc) is 2.05. The van der Waals surface area contributed by atoms with Crippen LogP contribution in [0.4, 0.5) is 0 Å².